The van der Waals surface area contributed by atoms with Gasteiger partial charge in [0.1, 0.15) is 0 Å². The minimum Gasteiger partial charge on any atom is -0.395 e. The molecule has 0 heterocycles. The van der Waals surface area contributed by atoms with Gasteiger partial charge in [-0.1, -0.05) is 18.2 Å². The Hall–Kier alpha value is -1.47. The van der Waals surface area contributed by atoms with Crippen LogP contribution in [-0.2, 0) is 18.6 Å². The van der Waals surface area contributed by atoms with Crippen LogP contribution >= 0.6 is 25.5 Å². The molecular formula is C13H17NO4S2. The van der Waals surface area contributed by atoms with Crippen molar-refractivity contribution in [2.24, 2.45) is 0 Å². The lowest BCUT2D eigenvalue weighted by molar-refractivity contribution is -0.133. The van der Waals surface area contributed by atoms with Crippen molar-refractivity contribution in [1.29, 1.82) is 0 Å². The first-order valence-electron chi connectivity index (χ1n) is 5.73. The summed E-state index contributed by atoms with van der Waals surface area (Å²) in [7, 11) is 1.76. The number of thiol groups is 2. The number of para-hydroxylation sites is 1. The van der Waals surface area contributed by atoms with Gasteiger partial charge in [-0.15, -0.1) is 12.6 Å². The molecule has 0 N–H and O–H groups in total. The largest absolute Gasteiger partial charge is 0.395 e. The summed E-state index contributed by atoms with van der Waals surface area (Å²) >= 11 is 6.67. The molecule has 7 heteroatoms. The molecule has 0 bridgehead atoms. The van der Waals surface area contributed by atoms with E-state index in [4.69, 9.17) is 0 Å². The number of rotatable bonds is 4. The summed E-state index contributed by atoms with van der Waals surface area (Å²) in [6.45, 7) is 1.55. The van der Waals surface area contributed by atoms with Crippen molar-refractivity contribution in [3.63, 3.8) is 0 Å². The first kappa shape index (κ1) is 18.5. The average molecular weight is 315 g/mol. The van der Waals surface area contributed by atoms with Crippen molar-refractivity contribution in [3.05, 3.63) is 30.3 Å². The maximum Gasteiger partial charge on any atom is 0.318 e. The van der Waals surface area contributed by atoms with Gasteiger partial charge >= 0.3 is 5.97 Å². The molecule has 20 heavy (non-hydrogen) atoms. The van der Waals surface area contributed by atoms with E-state index in [1.54, 1.807) is 18.9 Å². The minimum atomic E-state index is -0.513. The predicted molar refractivity (Wildman–Crippen MR) is 83.8 cm³/mol. The summed E-state index contributed by atoms with van der Waals surface area (Å²) in [5.74, 6) is -0.461. The lowest BCUT2D eigenvalue weighted by Gasteiger charge is -2.13. The second-order valence-electron chi connectivity index (χ2n) is 3.77. The molecule has 110 valence electrons. The van der Waals surface area contributed by atoms with Crippen LogP contribution in [0.2, 0.25) is 0 Å². The third kappa shape index (κ3) is 8.60. The van der Waals surface area contributed by atoms with Gasteiger partial charge in [-0.2, -0.15) is 0 Å². The fraction of sp³-hybridized carbons (Fsp3) is 0.308. The predicted octanol–water partition coefficient (Wildman–Crippen LogP) is 2.28. The average Bonchev–Trinajstić information content (AvgIpc) is 2.45. The van der Waals surface area contributed by atoms with Crippen molar-refractivity contribution in [2.75, 3.05) is 11.9 Å². The van der Waals surface area contributed by atoms with Crippen molar-refractivity contribution >= 4 is 48.2 Å². The molecule has 5 nitrogen and oxygen atoms in total. The molecule has 0 radical (unpaired) electrons. The van der Waals surface area contributed by atoms with E-state index in [1.165, 1.54) is 0 Å². The molecule has 1 rings (SSSR count). The molecule has 1 aromatic carbocycles. The van der Waals surface area contributed by atoms with Crippen LogP contribution in [0, 0.1) is 0 Å². The highest BCUT2D eigenvalue weighted by atomic mass is 32.1. The van der Waals surface area contributed by atoms with Gasteiger partial charge in [0.05, 0.1) is 6.42 Å². The Labute approximate surface area is 129 Å². The van der Waals surface area contributed by atoms with Crippen LogP contribution < -0.4 is 4.90 Å². The summed E-state index contributed by atoms with van der Waals surface area (Å²) in [6.07, 6.45) is 0.147. The van der Waals surface area contributed by atoms with Gasteiger partial charge in [-0.3, -0.25) is 14.4 Å². The topological polar surface area (TPSA) is 63.7 Å². The summed E-state index contributed by atoms with van der Waals surface area (Å²) < 4.78 is 3.97. The van der Waals surface area contributed by atoms with Crippen molar-refractivity contribution in [3.8, 4) is 0 Å². The minimum absolute atomic E-state index is 0.0475. The van der Waals surface area contributed by atoms with Crippen molar-refractivity contribution in [2.45, 2.75) is 19.8 Å². The van der Waals surface area contributed by atoms with E-state index in [-0.39, 0.29) is 23.9 Å². The number of amides is 1. The van der Waals surface area contributed by atoms with E-state index in [0.717, 1.165) is 5.69 Å². The first-order valence-corrected chi connectivity index (χ1v) is 6.55. The smallest absolute Gasteiger partial charge is 0.318 e. The Morgan fingerprint density at radius 1 is 1.15 bits per heavy atom. The highest BCUT2D eigenvalue weighted by Crippen LogP contribution is 2.10. The summed E-state index contributed by atoms with van der Waals surface area (Å²) in [4.78, 5) is 32.8. The zero-order valence-electron chi connectivity index (χ0n) is 11.3. The lowest BCUT2D eigenvalue weighted by atomic mass is 10.3. The molecule has 0 saturated carbocycles. The van der Waals surface area contributed by atoms with Crippen LogP contribution in [0.25, 0.3) is 0 Å². The standard InChI is InChI=1S/C9H11NO.C4H6O3S2/c1-8(11)10(2)9-6-4-3-5-7-9;5-3(7-9)1-2-4(6)8/h3-7H,1-2H3;9H,1-2H2,(H,6,8). The van der Waals surface area contributed by atoms with Gasteiger partial charge in [0.2, 0.25) is 5.91 Å². The van der Waals surface area contributed by atoms with Gasteiger partial charge in [0.15, 0.2) is 5.12 Å². The number of nitrogens with zero attached hydrogens (tertiary/aromatic N) is 1. The quantitative estimate of drug-likeness (QED) is 0.661. The third-order valence-electron chi connectivity index (χ3n) is 2.26. The molecule has 1 amide bonds. The molecule has 1 aromatic rings. The van der Waals surface area contributed by atoms with Crippen LogP contribution in [0.3, 0.4) is 0 Å². The van der Waals surface area contributed by atoms with Crippen LogP contribution in [0.1, 0.15) is 19.8 Å². The second kappa shape index (κ2) is 10.3. The van der Waals surface area contributed by atoms with E-state index in [0.29, 0.717) is 0 Å². The van der Waals surface area contributed by atoms with E-state index >= 15 is 0 Å². The Morgan fingerprint density at radius 3 is 2.10 bits per heavy atom. The highest BCUT2D eigenvalue weighted by Gasteiger charge is 2.02. The zero-order valence-corrected chi connectivity index (χ0v) is 13.1. The molecule has 0 spiro atoms. The van der Waals surface area contributed by atoms with Gasteiger partial charge < -0.3 is 9.08 Å². The van der Waals surface area contributed by atoms with E-state index in [2.05, 4.69) is 29.7 Å². The van der Waals surface area contributed by atoms with Gasteiger partial charge in [-0.05, 0) is 12.1 Å². The monoisotopic (exact) mass is 315 g/mol. The van der Waals surface area contributed by atoms with Gasteiger partial charge in [0.25, 0.3) is 0 Å². The van der Waals surface area contributed by atoms with Gasteiger partial charge in [0, 0.05) is 39.0 Å². The summed E-state index contributed by atoms with van der Waals surface area (Å²) in [5, 5.41) is -0.325. The molecule has 0 aliphatic rings. The molecule has 0 aromatic heterocycles. The molecule has 0 atom stereocenters. The van der Waals surface area contributed by atoms with Crippen molar-refractivity contribution < 1.29 is 18.6 Å². The molecule has 0 fully saturated rings. The van der Waals surface area contributed by atoms with E-state index in [9.17, 15) is 14.4 Å². The molecule has 0 aliphatic carbocycles. The summed E-state index contributed by atoms with van der Waals surface area (Å²) in [5.41, 5.74) is 0.931. The number of carbonyl (C=O) groups excluding carboxylic acids is 3. The van der Waals surface area contributed by atoms with E-state index in [1.807, 2.05) is 30.3 Å². The maximum absolute atomic E-state index is 10.9. The van der Waals surface area contributed by atoms with Gasteiger partial charge in [-0.25, -0.2) is 0 Å². The normalized spacial score (nSPS) is 9.00. The third-order valence-corrected chi connectivity index (χ3v) is 2.69. The van der Waals surface area contributed by atoms with Crippen LogP contribution in [0.4, 0.5) is 5.69 Å². The SMILES string of the molecule is CC(=O)N(C)c1ccccc1.O=C(S)CCC(=O)OS. The van der Waals surface area contributed by atoms with E-state index < -0.39 is 5.97 Å². The Kier molecular flexibility index (Phi) is 9.57. The number of hydrogen-bond acceptors (Lipinski definition) is 5. The number of benzene rings is 1. The Bertz CT molecular complexity index is 451. The summed E-state index contributed by atoms with van der Waals surface area (Å²) in [6, 6.07) is 9.56. The highest BCUT2D eigenvalue weighted by molar-refractivity contribution is 7.96. The fourth-order valence-electron chi connectivity index (χ4n) is 1.09. The lowest BCUT2D eigenvalue weighted by Crippen LogP contribution is -2.22. The second-order valence-corrected chi connectivity index (χ2v) is 4.45. The maximum atomic E-state index is 10.9. The molecule has 0 saturated heterocycles. The van der Waals surface area contributed by atoms with Crippen LogP contribution in [0.15, 0.2) is 30.3 Å². The van der Waals surface area contributed by atoms with Crippen molar-refractivity contribution in [1.82, 2.24) is 0 Å². The Balaban J connectivity index is 0.000000370. The molecular weight excluding hydrogens is 298 g/mol. The number of carbonyl (C=O) groups is 3. The number of hydrogen-bond donors (Lipinski definition) is 2. The fourth-order valence-corrected chi connectivity index (χ4v) is 1.29. The zero-order chi connectivity index (χ0) is 15.5. The van der Waals surface area contributed by atoms with Crippen LogP contribution in [-0.4, -0.2) is 24.0 Å². The number of anilines is 1. The van der Waals surface area contributed by atoms with Crippen LogP contribution in [0.5, 0.6) is 0 Å². The first-order chi connectivity index (χ1) is 9.38. The molecule has 0 aliphatic heterocycles. The Morgan fingerprint density at radius 2 is 1.70 bits per heavy atom. The molecule has 0 unspecified atom stereocenters.